The first kappa shape index (κ1) is 15.7. The van der Waals surface area contributed by atoms with Gasteiger partial charge in [-0.15, -0.1) is 0 Å². The van der Waals surface area contributed by atoms with E-state index in [-0.39, 0.29) is 18.4 Å². The number of hydrogen-bond acceptors (Lipinski definition) is 3. The maximum absolute atomic E-state index is 12.0. The van der Waals surface area contributed by atoms with Gasteiger partial charge in [-0.05, 0) is 33.1 Å². The van der Waals surface area contributed by atoms with E-state index in [2.05, 4.69) is 5.32 Å². The van der Waals surface area contributed by atoms with Crippen LogP contribution in [0, 0.1) is 0 Å². The highest BCUT2D eigenvalue weighted by Gasteiger charge is 2.40. The fourth-order valence-corrected chi connectivity index (χ4v) is 2.20. The van der Waals surface area contributed by atoms with Crippen molar-refractivity contribution in [2.75, 3.05) is 19.6 Å². The van der Waals surface area contributed by atoms with E-state index >= 15 is 0 Å². The SMILES string of the molecule is CC(=O)N1CCC[C@@](O)(C(=O)NCCC=C(C)C)C1. The molecule has 1 fully saturated rings. The first-order valence-corrected chi connectivity index (χ1v) is 6.75. The largest absolute Gasteiger partial charge is 0.378 e. The second-order valence-electron chi connectivity index (χ2n) is 5.40. The molecule has 0 bridgehead atoms. The van der Waals surface area contributed by atoms with Gasteiger partial charge >= 0.3 is 0 Å². The molecule has 1 aliphatic heterocycles. The number of amides is 2. The lowest BCUT2D eigenvalue weighted by Crippen LogP contribution is -2.58. The highest BCUT2D eigenvalue weighted by Crippen LogP contribution is 2.21. The zero-order valence-electron chi connectivity index (χ0n) is 12.0. The van der Waals surface area contributed by atoms with E-state index < -0.39 is 5.60 Å². The van der Waals surface area contributed by atoms with Crippen molar-refractivity contribution < 1.29 is 14.7 Å². The molecule has 1 heterocycles. The summed E-state index contributed by atoms with van der Waals surface area (Å²) < 4.78 is 0. The zero-order valence-corrected chi connectivity index (χ0v) is 12.0. The van der Waals surface area contributed by atoms with Crippen LogP contribution in [-0.4, -0.2) is 47.1 Å². The van der Waals surface area contributed by atoms with E-state index in [1.165, 1.54) is 17.4 Å². The van der Waals surface area contributed by atoms with Crippen molar-refractivity contribution >= 4 is 11.8 Å². The van der Waals surface area contributed by atoms with Gasteiger partial charge in [0.15, 0.2) is 5.60 Å². The molecule has 5 nitrogen and oxygen atoms in total. The Labute approximate surface area is 114 Å². The smallest absolute Gasteiger partial charge is 0.253 e. The molecule has 5 heteroatoms. The number of piperidine rings is 1. The second kappa shape index (κ2) is 6.70. The van der Waals surface area contributed by atoms with Crippen LogP contribution in [0.1, 0.15) is 40.0 Å². The summed E-state index contributed by atoms with van der Waals surface area (Å²) in [5, 5.41) is 13.1. The number of β-amino-alcohol motifs (C(OH)–C–C–N with tert-alkyl or cyclic N) is 1. The van der Waals surface area contributed by atoms with Gasteiger partial charge in [0.05, 0.1) is 6.54 Å². The summed E-state index contributed by atoms with van der Waals surface area (Å²) in [7, 11) is 0. The van der Waals surface area contributed by atoms with Gasteiger partial charge in [0, 0.05) is 20.0 Å². The summed E-state index contributed by atoms with van der Waals surface area (Å²) in [5.41, 5.74) is -0.233. The Hall–Kier alpha value is -1.36. The van der Waals surface area contributed by atoms with Crippen LogP contribution in [0.25, 0.3) is 0 Å². The molecule has 0 spiro atoms. The van der Waals surface area contributed by atoms with E-state index in [0.717, 1.165) is 6.42 Å². The third-order valence-electron chi connectivity index (χ3n) is 3.32. The minimum atomic E-state index is -1.44. The molecule has 0 aromatic rings. The maximum Gasteiger partial charge on any atom is 0.253 e. The molecular formula is C14H24N2O3. The number of nitrogens with one attached hydrogen (secondary N) is 1. The Morgan fingerprint density at radius 2 is 2.05 bits per heavy atom. The fourth-order valence-electron chi connectivity index (χ4n) is 2.20. The van der Waals surface area contributed by atoms with Crippen molar-refractivity contribution in [1.82, 2.24) is 10.2 Å². The maximum atomic E-state index is 12.0. The number of likely N-dealkylation sites (tertiary alicyclic amines) is 1. The number of allylic oxidation sites excluding steroid dienone is 1. The highest BCUT2D eigenvalue weighted by atomic mass is 16.3. The highest BCUT2D eigenvalue weighted by molar-refractivity contribution is 5.86. The lowest BCUT2D eigenvalue weighted by molar-refractivity contribution is -0.150. The number of hydrogen-bond donors (Lipinski definition) is 2. The average molecular weight is 268 g/mol. The van der Waals surface area contributed by atoms with Gasteiger partial charge in [0.2, 0.25) is 5.91 Å². The second-order valence-corrected chi connectivity index (χ2v) is 5.40. The van der Waals surface area contributed by atoms with Gasteiger partial charge < -0.3 is 15.3 Å². The molecule has 1 saturated heterocycles. The van der Waals surface area contributed by atoms with E-state index in [9.17, 15) is 14.7 Å². The summed E-state index contributed by atoms with van der Waals surface area (Å²) >= 11 is 0. The van der Waals surface area contributed by atoms with Crippen molar-refractivity contribution in [3.05, 3.63) is 11.6 Å². The van der Waals surface area contributed by atoms with E-state index in [4.69, 9.17) is 0 Å². The van der Waals surface area contributed by atoms with E-state index in [0.29, 0.717) is 25.9 Å². The predicted octanol–water partition coefficient (Wildman–Crippen LogP) is 0.832. The van der Waals surface area contributed by atoms with Gasteiger partial charge in [-0.1, -0.05) is 11.6 Å². The number of nitrogens with zero attached hydrogens (tertiary/aromatic N) is 1. The molecular weight excluding hydrogens is 244 g/mol. The Balaban J connectivity index is 2.49. The number of aliphatic hydroxyl groups is 1. The molecule has 0 aromatic heterocycles. The molecule has 1 rings (SSSR count). The quantitative estimate of drug-likeness (QED) is 0.586. The van der Waals surface area contributed by atoms with Gasteiger partial charge in [0.25, 0.3) is 5.91 Å². The first-order valence-electron chi connectivity index (χ1n) is 6.75. The third kappa shape index (κ3) is 4.67. The lowest BCUT2D eigenvalue weighted by atomic mass is 9.92. The van der Waals surface area contributed by atoms with Crippen molar-refractivity contribution in [2.45, 2.75) is 45.6 Å². The van der Waals surface area contributed by atoms with Crippen molar-refractivity contribution in [3.63, 3.8) is 0 Å². The van der Waals surface area contributed by atoms with E-state index in [1.54, 1.807) is 0 Å². The van der Waals surface area contributed by atoms with Crippen LogP contribution in [0.15, 0.2) is 11.6 Å². The summed E-state index contributed by atoms with van der Waals surface area (Å²) in [6.07, 6.45) is 3.84. The molecule has 1 aliphatic rings. The molecule has 0 unspecified atom stereocenters. The Kier molecular flexibility index (Phi) is 5.54. The van der Waals surface area contributed by atoms with Crippen LogP contribution < -0.4 is 5.32 Å². The lowest BCUT2D eigenvalue weighted by Gasteiger charge is -2.37. The van der Waals surface area contributed by atoms with Crippen molar-refractivity contribution in [2.24, 2.45) is 0 Å². The van der Waals surface area contributed by atoms with Gasteiger partial charge in [-0.3, -0.25) is 9.59 Å². The van der Waals surface area contributed by atoms with Crippen LogP contribution >= 0.6 is 0 Å². The summed E-state index contributed by atoms with van der Waals surface area (Å²) in [5.74, 6) is -0.476. The van der Waals surface area contributed by atoms with Crippen LogP contribution in [0.2, 0.25) is 0 Å². The average Bonchev–Trinajstić information content (AvgIpc) is 2.34. The number of carbonyl (C=O) groups excluding carboxylic acids is 2. The minimum Gasteiger partial charge on any atom is -0.378 e. The normalized spacial score (nSPS) is 22.8. The summed E-state index contributed by atoms with van der Waals surface area (Å²) in [6, 6.07) is 0. The summed E-state index contributed by atoms with van der Waals surface area (Å²) in [4.78, 5) is 24.9. The molecule has 0 saturated carbocycles. The van der Waals surface area contributed by atoms with Crippen molar-refractivity contribution in [3.8, 4) is 0 Å². The minimum absolute atomic E-state index is 0.0941. The Bertz CT molecular complexity index is 375. The molecule has 108 valence electrons. The van der Waals surface area contributed by atoms with Crippen LogP contribution in [-0.2, 0) is 9.59 Å². The Morgan fingerprint density at radius 1 is 1.37 bits per heavy atom. The molecule has 0 radical (unpaired) electrons. The van der Waals surface area contributed by atoms with Gasteiger partial charge in [-0.2, -0.15) is 0 Å². The molecule has 2 amide bonds. The molecule has 19 heavy (non-hydrogen) atoms. The van der Waals surface area contributed by atoms with Crippen molar-refractivity contribution in [1.29, 1.82) is 0 Å². The molecule has 0 aromatic carbocycles. The van der Waals surface area contributed by atoms with E-state index in [1.807, 2.05) is 19.9 Å². The molecule has 2 N–H and O–H groups in total. The monoisotopic (exact) mass is 268 g/mol. The van der Waals surface area contributed by atoms with Crippen LogP contribution in [0.3, 0.4) is 0 Å². The van der Waals surface area contributed by atoms with Crippen LogP contribution in [0.5, 0.6) is 0 Å². The van der Waals surface area contributed by atoms with Gasteiger partial charge in [-0.25, -0.2) is 0 Å². The van der Waals surface area contributed by atoms with Crippen LogP contribution in [0.4, 0.5) is 0 Å². The first-order chi connectivity index (χ1) is 8.85. The standard InChI is InChI=1S/C14H24N2O3/c1-11(2)6-4-8-15-13(18)14(19)7-5-9-16(10-14)12(3)17/h6,19H,4-5,7-10H2,1-3H3,(H,15,18)/t14-/m0/s1. The Morgan fingerprint density at radius 3 is 2.63 bits per heavy atom. The zero-order chi connectivity index (χ0) is 14.5. The number of rotatable bonds is 4. The molecule has 0 aliphatic carbocycles. The topological polar surface area (TPSA) is 69.6 Å². The number of carbonyl (C=O) groups is 2. The molecule has 1 atom stereocenters. The predicted molar refractivity (Wildman–Crippen MR) is 73.5 cm³/mol. The third-order valence-corrected chi connectivity index (χ3v) is 3.32. The summed E-state index contributed by atoms with van der Waals surface area (Å²) in [6.45, 7) is 6.67. The van der Waals surface area contributed by atoms with Gasteiger partial charge in [0.1, 0.15) is 0 Å². The fraction of sp³-hybridized carbons (Fsp3) is 0.714.